The zero-order valence-corrected chi connectivity index (χ0v) is 12.5. The van der Waals surface area contributed by atoms with Crippen LogP contribution in [0.5, 0.6) is 5.75 Å². The Morgan fingerprint density at radius 1 is 1.32 bits per heavy atom. The highest BCUT2D eigenvalue weighted by molar-refractivity contribution is 5.39. The van der Waals surface area contributed by atoms with Crippen molar-refractivity contribution in [2.45, 2.75) is 19.4 Å². The number of nitrogens with zero attached hydrogens (tertiary/aromatic N) is 1. The fourth-order valence-corrected chi connectivity index (χ4v) is 2.15. The summed E-state index contributed by atoms with van der Waals surface area (Å²) in [6.45, 7) is 4.64. The molecule has 1 aromatic rings. The number of likely N-dealkylation sites (N-methyl/N-ethyl adjacent to an activating group) is 1. The van der Waals surface area contributed by atoms with E-state index in [-0.39, 0.29) is 6.04 Å². The third kappa shape index (κ3) is 5.19. The van der Waals surface area contributed by atoms with Crippen LogP contribution in [0.2, 0.25) is 0 Å². The van der Waals surface area contributed by atoms with E-state index in [9.17, 15) is 0 Å². The van der Waals surface area contributed by atoms with Crippen molar-refractivity contribution in [2.75, 3.05) is 41.0 Å². The second kappa shape index (κ2) is 8.15. The van der Waals surface area contributed by atoms with Gasteiger partial charge in [0.15, 0.2) is 0 Å². The number of hydrogen-bond donors (Lipinski definition) is 1. The van der Waals surface area contributed by atoms with Crippen LogP contribution >= 0.6 is 0 Å². The average molecular weight is 266 g/mol. The molecule has 1 atom stereocenters. The predicted molar refractivity (Wildman–Crippen MR) is 78.6 cm³/mol. The van der Waals surface area contributed by atoms with Gasteiger partial charge >= 0.3 is 0 Å². The zero-order valence-electron chi connectivity index (χ0n) is 12.5. The standard InChI is InChI=1S/C15H26N2O2/c1-12-6-7-15(19-4)13(10-12)14(16)11-17(2)8-5-9-18-3/h6-7,10,14H,5,8-9,11,16H2,1-4H3. The topological polar surface area (TPSA) is 47.7 Å². The molecule has 0 spiro atoms. The Morgan fingerprint density at radius 3 is 2.68 bits per heavy atom. The molecule has 0 aliphatic carbocycles. The van der Waals surface area contributed by atoms with E-state index >= 15 is 0 Å². The summed E-state index contributed by atoms with van der Waals surface area (Å²) in [6, 6.07) is 6.08. The lowest BCUT2D eigenvalue weighted by Gasteiger charge is -2.23. The van der Waals surface area contributed by atoms with Crippen molar-refractivity contribution >= 4 is 0 Å². The summed E-state index contributed by atoms with van der Waals surface area (Å²) < 4.78 is 10.4. The molecule has 2 N–H and O–H groups in total. The van der Waals surface area contributed by atoms with Gasteiger partial charge in [0.1, 0.15) is 5.75 Å². The van der Waals surface area contributed by atoms with Gasteiger partial charge < -0.3 is 20.1 Å². The lowest BCUT2D eigenvalue weighted by molar-refractivity contribution is 0.177. The summed E-state index contributed by atoms with van der Waals surface area (Å²) in [7, 11) is 5.49. The highest BCUT2D eigenvalue weighted by Gasteiger charge is 2.14. The van der Waals surface area contributed by atoms with Gasteiger partial charge in [0.2, 0.25) is 0 Å². The molecule has 0 saturated carbocycles. The second-order valence-corrected chi connectivity index (χ2v) is 4.96. The largest absolute Gasteiger partial charge is 0.496 e. The Morgan fingerprint density at radius 2 is 2.05 bits per heavy atom. The molecule has 0 saturated heterocycles. The number of hydrogen-bond acceptors (Lipinski definition) is 4. The third-order valence-corrected chi connectivity index (χ3v) is 3.18. The monoisotopic (exact) mass is 266 g/mol. The molecule has 19 heavy (non-hydrogen) atoms. The summed E-state index contributed by atoms with van der Waals surface area (Å²) in [5, 5.41) is 0. The van der Waals surface area contributed by atoms with Crippen molar-refractivity contribution in [1.29, 1.82) is 0 Å². The molecule has 0 aliphatic rings. The molecule has 108 valence electrons. The van der Waals surface area contributed by atoms with Crippen LogP contribution in [0.15, 0.2) is 18.2 Å². The molecule has 0 heterocycles. The highest BCUT2D eigenvalue weighted by Crippen LogP contribution is 2.25. The quantitative estimate of drug-likeness (QED) is 0.731. The lowest BCUT2D eigenvalue weighted by atomic mass is 10.0. The van der Waals surface area contributed by atoms with Crippen LogP contribution in [0.1, 0.15) is 23.6 Å². The average Bonchev–Trinajstić information content (AvgIpc) is 2.39. The Kier molecular flexibility index (Phi) is 6.84. The molecule has 0 aromatic heterocycles. The first kappa shape index (κ1) is 16.0. The highest BCUT2D eigenvalue weighted by atomic mass is 16.5. The number of aryl methyl sites for hydroxylation is 1. The summed E-state index contributed by atoms with van der Waals surface area (Å²) in [5.74, 6) is 0.864. The van der Waals surface area contributed by atoms with Crippen LogP contribution < -0.4 is 10.5 Å². The van der Waals surface area contributed by atoms with E-state index in [4.69, 9.17) is 15.2 Å². The first-order valence-corrected chi connectivity index (χ1v) is 6.66. The van der Waals surface area contributed by atoms with Crippen molar-refractivity contribution in [3.05, 3.63) is 29.3 Å². The normalized spacial score (nSPS) is 12.7. The molecular weight excluding hydrogens is 240 g/mol. The molecule has 0 amide bonds. The van der Waals surface area contributed by atoms with Gasteiger partial charge in [-0.15, -0.1) is 0 Å². The molecule has 4 heteroatoms. The fraction of sp³-hybridized carbons (Fsp3) is 0.600. The smallest absolute Gasteiger partial charge is 0.123 e. The van der Waals surface area contributed by atoms with E-state index in [0.717, 1.165) is 37.4 Å². The van der Waals surface area contributed by atoms with Crippen LogP contribution in [0.3, 0.4) is 0 Å². The van der Waals surface area contributed by atoms with E-state index in [1.165, 1.54) is 5.56 Å². The molecule has 1 unspecified atom stereocenters. The molecule has 1 aromatic carbocycles. The maximum atomic E-state index is 6.29. The number of rotatable bonds is 8. The van der Waals surface area contributed by atoms with E-state index in [2.05, 4.69) is 24.9 Å². The van der Waals surface area contributed by atoms with Crippen molar-refractivity contribution < 1.29 is 9.47 Å². The van der Waals surface area contributed by atoms with Crippen LogP contribution in [0.4, 0.5) is 0 Å². The maximum Gasteiger partial charge on any atom is 0.123 e. The number of benzene rings is 1. The summed E-state index contributed by atoms with van der Waals surface area (Å²) in [4.78, 5) is 2.23. The second-order valence-electron chi connectivity index (χ2n) is 4.96. The minimum absolute atomic E-state index is 0.0394. The van der Waals surface area contributed by atoms with Crippen molar-refractivity contribution in [3.63, 3.8) is 0 Å². The zero-order chi connectivity index (χ0) is 14.3. The number of methoxy groups -OCH3 is 2. The molecule has 0 bridgehead atoms. The molecule has 0 fully saturated rings. The molecule has 1 rings (SSSR count). The van der Waals surface area contributed by atoms with Crippen LogP contribution in [-0.4, -0.2) is 45.9 Å². The van der Waals surface area contributed by atoms with E-state index in [1.54, 1.807) is 14.2 Å². The molecule has 0 aliphatic heterocycles. The SMILES string of the molecule is COCCCN(C)CC(N)c1cc(C)ccc1OC. The van der Waals surface area contributed by atoms with Gasteiger partial charge in [0.25, 0.3) is 0 Å². The van der Waals surface area contributed by atoms with Gasteiger partial charge in [-0.05, 0) is 26.5 Å². The number of nitrogens with two attached hydrogens (primary N) is 1. The minimum atomic E-state index is -0.0394. The number of ether oxygens (including phenoxy) is 2. The summed E-state index contributed by atoms with van der Waals surface area (Å²) in [5.41, 5.74) is 8.57. The Balaban J connectivity index is 2.61. The Labute approximate surface area is 116 Å². The fourth-order valence-electron chi connectivity index (χ4n) is 2.15. The van der Waals surface area contributed by atoms with Gasteiger partial charge in [-0.3, -0.25) is 0 Å². The predicted octanol–water partition coefficient (Wildman–Crippen LogP) is 1.97. The van der Waals surface area contributed by atoms with Crippen molar-refractivity contribution in [1.82, 2.24) is 4.90 Å². The molecule has 4 nitrogen and oxygen atoms in total. The Hall–Kier alpha value is -1.10. The van der Waals surface area contributed by atoms with Gasteiger partial charge in [-0.2, -0.15) is 0 Å². The van der Waals surface area contributed by atoms with E-state index in [0.29, 0.717) is 0 Å². The van der Waals surface area contributed by atoms with Gasteiger partial charge in [-0.25, -0.2) is 0 Å². The van der Waals surface area contributed by atoms with Crippen molar-refractivity contribution in [3.8, 4) is 5.75 Å². The van der Waals surface area contributed by atoms with Gasteiger partial charge in [0.05, 0.1) is 7.11 Å². The molecular formula is C15H26N2O2. The summed E-state index contributed by atoms with van der Waals surface area (Å²) in [6.07, 6.45) is 1.02. The van der Waals surface area contributed by atoms with Gasteiger partial charge in [-0.1, -0.05) is 17.7 Å². The first-order valence-electron chi connectivity index (χ1n) is 6.66. The molecule has 0 radical (unpaired) electrons. The third-order valence-electron chi connectivity index (χ3n) is 3.18. The Bertz CT molecular complexity index is 382. The van der Waals surface area contributed by atoms with E-state index in [1.807, 2.05) is 12.1 Å². The maximum absolute atomic E-state index is 6.29. The minimum Gasteiger partial charge on any atom is -0.496 e. The van der Waals surface area contributed by atoms with Gasteiger partial charge in [0, 0.05) is 38.4 Å². The lowest BCUT2D eigenvalue weighted by Crippen LogP contribution is -2.30. The summed E-state index contributed by atoms with van der Waals surface area (Å²) >= 11 is 0. The van der Waals surface area contributed by atoms with Crippen molar-refractivity contribution in [2.24, 2.45) is 5.73 Å². The first-order chi connectivity index (χ1) is 9.08. The van der Waals surface area contributed by atoms with Crippen LogP contribution in [0.25, 0.3) is 0 Å². The van der Waals surface area contributed by atoms with Crippen LogP contribution in [0, 0.1) is 6.92 Å². The van der Waals surface area contributed by atoms with Crippen LogP contribution in [-0.2, 0) is 4.74 Å². The van der Waals surface area contributed by atoms with E-state index < -0.39 is 0 Å².